The molecule has 0 bridgehead atoms. The first kappa shape index (κ1) is 9.70. The van der Waals surface area contributed by atoms with Gasteiger partial charge in [-0.3, -0.25) is 0 Å². The third-order valence-corrected chi connectivity index (χ3v) is 1.51. The minimum Gasteiger partial charge on any atom is -0.368 e. The molecule has 0 spiro atoms. The fourth-order valence-corrected chi connectivity index (χ4v) is 1.01. The summed E-state index contributed by atoms with van der Waals surface area (Å²) in [6.07, 6.45) is 0.821. The zero-order chi connectivity index (χ0) is 9.84. The molecule has 5 heteroatoms. The molecule has 0 aliphatic rings. The van der Waals surface area contributed by atoms with Gasteiger partial charge in [-0.1, -0.05) is 13.8 Å². The Morgan fingerprint density at radius 2 is 2.00 bits per heavy atom. The molecule has 0 amide bonds. The van der Waals surface area contributed by atoms with Gasteiger partial charge in [0.25, 0.3) is 0 Å². The van der Waals surface area contributed by atoms with Crippen LogP contribution in [0, 0.1) is 5.92 Å². The molecule has 72 valence electrons. The Balaban J connectivity index is 2.88. The molecule has 0 radical (unpaired) electrons. The van der Waals surface area contributed by atoms with Crippen molar-refractivity contribution in [2.75, 3.05) is 18.1 Å². The molecule has 0 aromatic carbocycles. The molecule has 1 aromatic heterocycles. The van der Waals surface area contributed by atoms with Crippen LogP contribution in [0.3, 0.4) is 0 Å². The van der Waals surface area contributed by atoms with Crippen LogP contribution in [-0.4, -0.2) is 22.0 Å². The average molecular weight is 181 g/mol. The monoisotopic (exact) mass is 181 g/mol. The third kappa shape index (κ3) is 2.85. The molecule has 0 saturated heterocycles. The second-order valence-corrected chi connectivity index (χ2v) is 3.28. The van der Waals surface area contributed by atoms with Gasteiger partial charge < -0.3 is 11.1 Å². The van der Waals surface area contributed by atoms with Crippen molar-refractivity contribution < 1.29 is 0 Å². The summed E-state index contributed by atoms with van der Waals surface area (Å²) >= 11 is 0. The summed E-state index contributed by atoms with van der Waals surface area (Å²) < 4.78 is 0. The van der Waals surface area contributed by atoms with Crippen LogP contribution in [0.2, 0.25) is 0 Å². The van der Waals surface area contributed by atoms with Crippen molar-refractivity contribution in [1.29, 1.82) is 0 Å². The maximum atomic E-state index is 5.51. The molecule has 3 N–H and O–H groups in total. The van der Waals surface area contributed by atoms with Crippen molar-refractivity contribution >= 4 is 11.9 Å². The molecule has 1 heterocycles. The van der Waals surface area contributed by atoms with Crippen molar-refractivity contribution in [3.63, 3.8) is 0 Å². The van der Waals surface area contributed by atoms with Gasteiger partial charge in [0.1, 0.15) is 5.82 Å². The summed E-state index contributed by atoms with van der Waals surface area (Å²) in [7, 11) is 1.76. The first-order valence-corrected chi connectivity index (χ1v) is 4.30. The van der Waals surface area contributed by atoms with Crippen LogP contribution in [-0.2, 0) is 6.42 Å². The van der Waals surface area contributed by atoms with Crippen LogP contribution in [0.25, 0.3) is 0 Å². The second kappa shape index (κ2) is 4.02. The van der Waals surface area contributed by atoms with E-state index in [0.29, 0.717) is 11.9 Å². The molecule has 0 fully saturated rings. The molecule has 0 atom stereocenters. The summed E-state index contributed by atoms with van der Waals surface area (Å²) in [4.78, 5) is 12.1. The highest BCUT2D eigenvalue weighted by atomic mass is 15.2. The van der Waals surface area contributed by atoms with Gasteiger partial charge in [0, 0.05) is 13.5 Å². The lowest BCUT2D eigenvalue weighted by Crippen LogP contribution is -2.08. The number of nitrogen functional groups attached to an aromatic ring is 1. The van der Waals surface area contributed by atoms with Crippen LogP contribution in [0.15, 0.2) is 0 Å². The molecule has 0 saturated carbocycles. The molecule has 13 heavy (non-hydrogen) atoms. The van der Waals surface area contributed by atoms with Crippen LogP contribution >= 0.6 is 0 Å². The molecule has 1 aromatic rings. The molecule has 5 nitrogen and oxygen atoms in total. The summed E-state index contributed by atoms with van der Waals surface area (Å²) in [6.45, 7) is 4.22. The number of hydrogen-bond acceptors (Lipinski definition) is 5. The lowest BCUT2D eigenvalue weighted by Gasteiger charge is -2.05. The van der Waals surface area contributed by atoms with Gasteiger partial charge in [-0.15, -0.1) is 0 Å². The van der Waals surface area contributed by atoms with E-state index in [0.717, 1.165) is 12.2 Å². The Morgan fingerprint density at radius 3 is 2.54 bits per heavy atom. The zero-order valence-corrected chi connectivity index (χ0v) is 8.20. The van der Waals surface area contributed by atoms with E-state index in [1.807, 2.05) is 0 Å². The Hall–Kier alpha value is -1.39. The van der Waals surface area contributed by atoms with Gasteiger partial charge >= 0.3 is 0 Å². The summed E-state index contributed by atoms with van der Waals surface area (Å²) in [5.41, 5.74) is 5.51. The first-order chi connectivity index (χ1) is 6.11. The Kier molecular flexibility index (Phi) is 3.00. The van der Waals surface area contributed by atoms with Gasteiger partial charge in [-0.2, -0.15) is 15.0 Å². The number of nitrogens with one attached hydrogen (secondary N) is 1. The zero-order valence-electron chi connectivity index (χ0n) is 8.20. The summed E-state index contributed by atoms with van der Waals surface area (Å²) in [6, 6.07) is 0. The lowest BCUT2D eigenvalue weighted by molar-refractivity contribution is 0.619. The highest BCUT2D eigenvalue weighted by Gasteiger charge is 2.04. The van der Waals surface area contributed by atoms with Crippen LogP contribution in [0.1, 0.15) is 19.7 Å². The van der Waals surface area contributed by atoms with E-state index in [-0.39, 0.29) is 5.95 Å². The van der Waals surface area contributed by atoms with Crippen molar-refractivity contribution in [2.24, 2.45) is 5.92 Å². The van der Waals surface area contributed by atoms with E-state index >= 15 is 0 Å². The molecular weight excluding hydrogens is 166 g/mol. The summed E-state index contributed by atoms with van der Waals surface area (Å²) in [5.74, 6) is 2.07. The fourth-order valence-electron chi connectivity index (χ4n) is 1.01. The normalized spacial score (nSPS) is 10.5. The largest absolute Gasteiger partial charge is 0.368 e. The van der Waals surface area contributed by atoms with Crippen molar-refractivity contribution in [3.8, 4) is 0 Å². The Bertz CT molecular complexity index is 284. The number of aromatic nitrogens is 3. The predicted molar refractivity (Wildman–Crippen MR) is 52.3 cm³/mol. The highest BCUT2D eigenvalue weighted by Crippen LogP contribution is 2.06. The minimum atomic E-state index is 0.273. The SMILES string of the molecule is CNc1nc(N)nc(CC(C)C)n1. The number of nitrogens with two attached hydrogens (primary N) is 1. The highest BCUT2D eigenvalue weighted by molar-refractivity contribution is 5.29. The first-order valence-electron chi connectivity index (χ1n) is 4.30. The standard InChI is InChI=1S/C8H15N5/c1-5(2)4-6-11-7(9)13-8(10-3)12-6/h5H,4H2,1-3H3,(H3,9,10,11,12,13). The molecule has 0 aliphatic carbocycles. The van der Waals surface area contributed by atoms with Crippen molar-refractivity contribution in [1.82, 2.24) is 15.0 Å². The quantitative estimate of drug-likeness (QED) is 0.717. The number of nitrogens with zero attached hydrogens (tertiary/aromatic N) is 3. The van der Waals surface area contributed by atoms with Gasteiger partial charge in [0.05, 0.1) is 0 Å². The van der Waals surface area contributed by atoms with Crippen molar-refractivity contribution in [2.45, 2.75) is 20.3 Å². The lowest BCUT2D eigenvalue weighted by atomic mass is 10.1. The van der Waals surface area contributed by atoms with E-state index in [2.05, 4.69) is 34.1 Å². The maximum absolute atomic E-state index is 5.51. The average Bonchev–Trinajstić information content (AvgIpc) is 2.01. The maximum Gasteiger partial charge on any atom is 0.227 e. The molecular formula is C8H15N5. The summed E-state index contributed by atoms with van der Waals surface area (Å²) in [5, 5.41) is 2.84. The van der Waals surface area contributed by atoms with E-state index < -0.39 is 0 Å². The van der Waals surface area contributed by atoms with Gasteiger partial charge in [0.2, 0.25) is 11.9 Å². The smallest absolute Gasteiger partial charge is 0.227 e. The van der Waals surface area contributed by atoms with E-state index in [1.165, 1.54) is 0 Å². The fraction of sp³-hybridized carbons (Fsp3) is 0.625. The number of rotatable bonds is 3. The third-order valence-electron chi connectivity index (χ3n) is 1.51. The van der Waals surface area contributed by atoms with Gasteiger partial charge in [-0.05, 0) is 5.92 Å². The number of anilines is 2. The Labute approximate surface area is 77.8 Å². The van der Waals surface area contributed by atoms with Crippen molar-refractivity contribution in [3.05, 3.63) is 5.82 Å². The van der Waals surface area contributed by atoms with Crippen LogP contribution in [0.4, 0.5) is 11.9 Å². The van der Waals surface area contributed by atoms with E-state index in [9.17, 15) is 0 Å². The van der Waals surface area contributed by atoms with Crippen LogP contribution < -0.4 is 11.1 Å². The Morgan fingerprint density at radius 1 is 1.31 bits per heavy atom. The van der Waals surface area contributed by atoms with Gasteiger partial charge in [0.15, 0.2) is 0 Å². The molecule has 0 unspecified atom stereocenters. The van der Waals surface area contributed by atoms with E-state index in [1.54, 1.807) is 7.05 Å². The number of hydrogen-bond donors (Lipinski definition) is 2. The topological polar surface area (TPSA) is 76.7 Å². The minimum absolute atomic E-state index is 0.273. The van der Waals surface area contributed by atoms with Crippen LogP contribution in [0.5, 0.6) is 0 Å². The predicted octanol–water partition coefficient (Wildman–Crippen LogP) is 0.694. The molecule has 1 rings (SSSR count). The molecule has 0 aliphatic heterocycles. The van der Waals surface area contributed by atoms with Gasteiger partial charge in [-0.25, -0.2) is 0 Å². The van der Waals surface area contributed by atoms with E-state index in [4.69, 9.17) is 5.73 Å². The second-order valence-electron chi connectivity index (χ2n) is 3.28.